The van der Waals surface area contributed by atoms with Crippen molar-refractivity contribution in [2.24, 2.45) is 10.7 Å². The molecule has 0 atom stereocenters. The van der Waals surface area contributed by atoms with Crippen LogP contribution in [0.25, 0.3) is 0 Å². The van der Waals surface area contributed by atoms with Gasteiger partial charge in [-0.15, -0.1) is 0 Å². The van der Waals surface area contributed by atoms with Crippen molar-refractivity contribution in [2.75, 3.05) is 19.6 Å². The van der Waals surface area contributed by atoms with Crippen LogP contribution in [0.4, 0.5) is 0 Å². The molecule has 0 spiro atoms. The number of hydrogen-bond acceptors (Lipinski definition) is 2. The van der Waals surface area contributed by atoms with Gasteiger partial charge in [-0.05, 0) is 36.0 Å². The van der Waals surface area contributed by atoms with E-state index in [9.17, 15) is 4.79 Å². The van der Waals surface area contributed by atoms with Gasteiger partial charge in [0.15, 0.2) is 5.96 Å². The lowest BCUT2D eigenvalue weighted by Gasteiger charge is -2.28. The van der Waals surface area contributed by atoms with E-state index in [0.717, 1.165) is 38.9 Å². The van der Waals surface area contributed by atoms with Crippen molar-refractivity contribution >= 4 is 11.9 Å². The lowest BCUT2D eigenvalue weighted by molar-refractivity contribution is -0.132. The van der Waals surface area contributed by atoms with E-state index < -0.39 is 0 Å². The zero-order valence-corrected chi connectivity index (χ0v) is 15.7. The van der Waals surface area contributed by atoms with E-state index in [-0.39, 0.29) is 5.91 Å². The molecule has 5 heteroatoms. The average molecular weight is 364 g/mol. The van der Waals surface area contributed by atoms with E-state index in [1.165, 1.54) is 16.7 Å². The first-order chi connectivity index (χ1) is 13.2. The third-order valence-electron chi connectivity index (χ3n) is 4.88. The number of nitrogens with two attached hydrogens (primary N) is 1. The molecule has 1 aliphatic rings. The third kappa shape index (κ3) is 5.84. The highest BCUT2D eigenvalue weighted by atomic mass is 16.2. The minimum Gasteiger partial charge on any atom is -0.370 e. The summed E-state index contributed by atoms with van der Waals surface area (Å²) in [5, 5.41) is 3.13. The Kier molecular flexibility index (Phi) is 6.85. The topological polar surface area (TPSA) is 70.7 Å². The van der Waals surface area contributed by atoms with Gasteiger partial charge >= 0.3 is 0 Å². The minimum atomic E-state index is 0.204. The summed E-state index contributed by atoms with van der Waals surface area (Å²) >= 11 is 0. The van der Waals surface area contributed by atoms with Crippen LogP contribution in [-0.4, -0.2) is 36.4 Å². The van der Waals surface area contributed by atoms with Crippen molar-refractivity contribution in [1.82, 2.24) is 10.2 Å². The maximum atomic E-state index is 12.4. The molecular formula is C22H28N4O. The first kappa shape index (κ1) is 19.0. The highest BCUT2D eigenvalue weighted by Gasteiger charge is 2.19. The summed E-state index contributed by atoms with van der Waals surface area (Å²) in [4.78, 5) is 18.7. The van der Waals surface area contributed by atoms with Crippen LogP contribution in [0.3, 0.4) is 0 Å². The third-order valence-corrected chi connectivity index (χ3v) is 4.88. The molecular weight excluding hydrogens is 336 g/mol. The van der Waals surface area contributed by atoms with Gasteiger partial charge in [0.1, 0.15) is 0 Å². The van der Waals surface area contributed by atoms with Gasteiger partial charge in [0.2, 0.25) is 5.91 Å². The quantitative estimate of drug-likeness (QED) is 0.450. The molecule has 1 amide bonds. The Morgan fingerprint density at radius 3 is 2.63 bits per heavy atom. The first-order valence-corrected chi connectivity index (χ1v) is 9.64. The van der Waals surface area contributed by atoms with Crippen molar-refractivity contribution in [1.29, 1.82) is 0 Å². The molecule has 1 heterocycles. The lowest BCUT2D eigenvalue weighted by Crippen LogP contribution is -2.36. The van der Waals surface area contributed by atoms with Crippen LogP contribution in [0.15, 0.2) is 59.6 Å². The fraction of sp³-hybridized carbons (Fsp3) is 0.364. The second-order valence-corrected chi connectivity index (χ2v) is 6.87. The van der Waals surface area contributed by atoms with Gasteiger partial charge in [0.05, 0.1) is 0 Å². The van der Waals surface area contributed by atoms with Crippen LogP contribution in [0.1, 0.15) is 29.5 Å². The van der Waals surface area contributed by atoms with E-state index >= 15 is 0 Å². The summed E-state index contributed by atoms with van der Waals surface area (Å²) in [5.41, 5.74) is 9.79. The molecule has 0 bridgehead atoms. The predicted molar refractivity (Wildman–Crippen MR) is 109 cm³/mol. The Hall–Kier alpha value is -2.82. The maximum absolute atomic E-state index is 12.4. The highest BCUT2D eigenvalue weighted by Crippen LogP contribution is 2.19. The van der Waals surface area contributed by atoms with Gasteiger partial charge in [0.25, 0.3) is 0 Å². The Labute approximate surface area is 161 Å². The van der Waals surface area contributed by atoms with Crippen LogP contribution >= 0.6 is 0 Å². The van der Waals surface area contributed by atoms with Crippen molar-refractivity contribution in [3.8, 4) is 0 Å². The van der Waals surface area contributed by atoms with E-state index in [2.05, 4.69) is 40.6 Å². The number of benzene rings is 2. The molecule has 27 heavy (non-hydrogen) atoms. The van der Waals surface area contributed by atoms with Crippen LogP contribution < -0.4 is 11.1 Å². The molecule has 2 aromatic carbocycles. The first-order valence-electron chi connectivity index (χ1n) is 9.64. The summed E-state index contributed by atoms with van der Waals surface area (Å²) in [6.07, 6.45) is 3.09. The molecule has 1 aliphatic heterocycles. The number of nitrogens with zero attached hydrogens (tertiary/aromatic N) is 2. The number of guanidine groups is 1. The van der Waals surface area contributed by atoms with Gasteiger partial charge in [-0.25, -0.2) is 0 Å². The molecule has 3 N–H and O–H groups in total. The van der Waals surface area contributed by atoms with E-state index in [1.54, 1.807) is 0 Å². The molecule has 0 fully saturated rings. The maximum Gasteiger partial charge on any atom is 0.222 e. The number of carbonyl (C=O) groups excluding carboxylic acids is 1. The Bertz CT molecular complexity index is 773. The van der Waals surface area contributed by atoms with Gasteiger partial charge in [0, 0.05) is 32.6 Å². The van der Waals surface area contributed by atoms with Crippen LogP contribution in [0.2, 0.25) is 0 Å². The number of aliphatic imine (C=N–C) groups is 1. The Balaban J connectivity index is 1.33. The van der Waals surface area contributed by atoms with Crippen LogP contribution in [0.5, 0.6) is 0 Å². The fourth-order valence-electron chi connectivity index (χ4n) is 3.33. The van der Waals surface area contributed by atoms with Gasteiger partial charge in [-0.3, -0.25) is 9.79 Å². The average Bonchev–Trinajstić information content (AvgIpc) is 2.71. The molecule has 3 rings (SSSR count). The number of amides is 1. The number of hydrogen-bond donors (Lipinski definition) is 2. The molecule has 0 aliphatic carbocycles. The van der Waals surface area contributed by atoms with Gasteiger partial charge < -0.3 is 16.0 Å². The molecule has 2 aromatic rings. The lowest BCUT2D eigenvalue weighted by atomic mass is 9.99. The number of nitrogens with one attached hydrogen (secondary N) is 1. The van der Waals surface area contributed by atoms with E-state index in [4.69, 9.17) is 5.73 Å². The largest absolute Gasteiger partial charge is 0.370 e. The molecule has 5 nitrogen and oxygen atoms in total. The number of rotatable bonds is 7. The predicted octanol–water partition coefficient (Wildman–Crippen LogP) is 2.50. The van der Waals surface area contributed by atoms with E-state index in [0.29, 0.717) is 18.9 Å². The summed E-state index contributed by atoms with van der Waals surface area (Å²) in [6.45, 7) is 2.86. The summed E-state index contributed by atoms with van der Waals surface area (Å²) in [5.74, 6) is 0.653. The molecule has 0 saturated carbocycles. The van der Waals surface area contributed by atoms with Crippen molar-refractivity contribution in [2.45, 2.75) is 32.2 Å². The highest BCUT2D eigenvalue weighted by molar-refractivity contribution is 5.78. The molecule has 0 aromatic heterocycles. The Morgan fingerprint density at radius 2 is 1.81 bits per heavy atom. The second kappa shape index (κ2) is 9.76. The zero-order chi connectivity index (χ0) is 18.9. The number of fused-ring (bicyclic) bond motifs is 1. The monoisotopic (exact) mass is 364 g/mol. The summed E-state index contributed by atoms with van der Waals surface area (Å²) in [6, 6.07) is 18.6. The SMILES string of the molecule is NC(=NCCCC(=O)N1CCc2ccccc2C1)NCCc1ccccc1. The summed E-state index contributed by atoms with van der Waals surface area (Å²) < 4.78 is 0. The smallest absolute Gasteiger partial charge is 0.222 e. The summed E-state index contributed by atoms with van der Waals surface area (Å²) in [7, 11) is 0. The van der Waals surface area contributed by atoms with Crippen molar-refractivity contribution in [3.63, 3.8) is 0 Å². The minimum absolute atomic E-state index is 0.204. The van der Waals surface area contributed by atoms with Gasteiger partial charge in [-0.2, -0.15) is 0 Å². The standard InChI is InChI=1S/C22H28N4O/c23-22(25-15-12-18-7-2-1-3-8-18)24-14-6-11-21(27)26-16-13-19-9-4-5-10-20(19)17-26/h1-5,7-10H,6,11-17H2,(H3,23,24,25). The molecule has 0 radical (unpaired) electrons. The normalized spacial score (nSPS) is 13.9. The van der Waals surface area contributed by atoms with E-state index in [1.807, 2.05) is 29.2 Å². The van der Waals surface area contributed by atoms with Crippen LogP contribution in [-0.2, 0) is 24.2 Å². The zero-order valence-electron chi connectivity index (χ0n) is 15.7. The molecule has 142 valence electrons. The van der Waals surface area contributed by atoms with Crippen molar-refractivity contribution in [3.05, 3.63) is 71.3 Å². The Morgan fingerprint density at radius 1 is 1.07 bits per heavy atom. The fourth-order valence-corrected chi connectivity index (χ4v) is 3.33. The molecule has 0 unspecified atom stereocenters. The van der Waals surface area contributed by atoms with Crippen LogP contribution in [0, 0.1) is 0 Å². The molecule has 0 saturated heterocycles. The second-order valence-electron chi connectivity index (χ2n) is 6.87. The van der Waals surface area contributed by atoms with Gasteiger partial charge in [-0.1, -0.05) is 54.6 Å². The number of carbonyl (C=O) groups is 1. The van der Waals surface area contributed by atoms with Crippen molar-refractivity contribution < 1.29 is 4.79 Å².